The van der Waals surface area contributed by atoms with Gasteiger partial charge in [0.15, 0.2) is 0 Å². The van der Waals surface area contributed by atoms with Gasteiger partial charge in [0.2, 0.25) is 5.91 Å². The normalized spacial score (nSPS) is 15.4. The van der Waals surface area contributed by atoms with Gasteiger partial charge in [-0.05, 0) is 45.4 Å². The molecule has 1 aliphatic heterocycles. The molecule has 0 saturated carbocycles. The topological polar surface area (TPSA) is 67.2 Å². The van der Waals surface area contributed by atoms with E-state index in [1.54, 1.807) is 9.80 Å². The van der Waals surface area contributed by atoms with E-state index in [-0.39, 0.29) is 18.4 Å². The van der Waals surface area contributed by atoms with Crippen molar-refractivity contribution in [2.75, 3.05) is 26.2 Å². The molecule has 1 aliphatic rings. The second kappa shape index (κ2) is 6.97. The largest absolute Gasteiger partial charge is 0.444 e. The van der Waals surface area contributed by atoms with Crippen LogP contribution in [-0.2, 0) is 16.0 Å². The maximum Gasteiger partial charge on any atom is 0.410 e. The minimum absolute atomic E-state index is 0.0361. The van der Waals surface area contributed by atoms with E-state index in [1.165, 1.54) is 0 Å². The molecule has 0 spiro atoms. The second-order valence-corrected chi connectivity index (χ2v) is 7.73. The van der Waals surface area contributed by atoms with Crippen molar-refractivity contribution in [1.29, 1.82) is 0 Å². The monoisotopic (exact) mass is 358 g/mol. The number of pyridine rings is 1. The Balaban J connectivity index is 1.55. The average molecular weight is 358 g/mol. The van der Waals surface area contributed by atoms with Gasteiger partial charge in [-0.3, -0.25) is 4.79 Å². The number of hydrogen-bond acceptors (Lipinski definition) is 4. The summed E-state index contributed by atoms with van der Waals surface area (Å²) in [7, 11) is 0. The van der Waals surface area contributed by atoms with Crippen LogP contribution in [0.2, 0.25) is 0 Å². The highest BCUT2D eigenvalue weighted by molar-refractivity contribution is 5.79. The zero-order chi connectivity index (χ0) is 18.9. The van der Waals surface area contributed by atoms with E-state index in [4.69, 9.17) is 4.74 Å². The highest BCUT2D eigenvalue weighted by atomic mass is 16.6. The summed E-state index contributed by atoms with van der Waals surface area (Å²) in [6.07, 6.45) is 3.79. The molecule has 1 fully saturated rings. The number of ether oxygens (including phenoxy) is 1. The molecular formula is C19H26N4O3. The third kappa shape index (κ3) is 4.33. The lowest BCUT2D eigenvalue weighted by molar-refractivity contribution is -0.132. The van der Waals surface area contributed by atoms with E-state index in [1.807, 2.05) is 56.6 Å². The Kier molecular flexibility index (Phi) is 4.89. The molecular weight excluding hydrogens is 332 g/mol. The second-order valence-electron chi connectivity index (χ2n) is 7.73. The van der Waals surface area contributed by atoms with Gasteiger partial charge < -0.3 is 18.9 Å². The van der Waals surface area contributed by atoms with Crippen LogP contribution < -0.4 is 0 Å². The molecule has 7 nitrogen and oxygen atoms in total. The van der Waals surface area contributed by atoms with E-state index in [2.05, 4.69) is 4.98 Å². The van der Waals surface area contributed by atoms with Crippen LogP contribution >= 0.6 is 0 Å². The SMILES string of the molecule is Cc1ccn2cc(CC(=O)N3CCN(C(=O)OC(C)(C)C)CC3)nc2c1. The van der Waals surface area contributed by atoms with Gasteiger partial charge in [-0.15, -0.1) is 0 Å². The zero-order valence-corrected chi connectivity index (χ0v) is 15.9. The number of hydrogen-bond donors (Lipinski definition) is 0. The summed E-state index contributed by atoms with van der Waals surface area (Å²) in [5.74, 6) is 0.0361. The first-order chi connectivity index (χ1) is 12.2. The molecule has 0 bridgehead atoms. The Bertz CT molecular complexity index is 814. The van der Waals surface area contributed by atoms with Crippen LogP contribution in [0.25, 0.3) is 5.65 Å². The molecule has 26 heavy (non-hydrogen) atoms. The number of fused-ring (bicyclic) bond motifs is 1. The van der Waals surface area contributed by atoms with Gasteiger partial charge in [0, 0.05) is 38.6 Å². The van der Waals surface area contributed by atoms with Crippen LogP contribution in [0.15, 0.2) is 24.5 Å². The maximum absolute atomic E-state index is 12.6. The minimum atomic E-state index is -0.508. The van der Waals surface area contributed by atoms with Crippen molar-refractivity contribution < 1.29 is 14.3 Å². The molecule has 0 radical (unpaired) electrons. The summed E-state index contributed by atoms with van der Waals surface area (Å²) in [5.41, 5.74) is 2.24. The molecule has 0 N–H and O–H groups in total. The van der Waals surface area contributed by atoms with E-state index < -0.39 is 5.60 Å². The minimum Gasteiger partial charge on any atom is -0.444 e. The van der Waals surface area contributed by atoms with E-state index in [0.29, 0.717) is 26.2 Å². The number of imidazole rings is 1. The third-order valence-corrected chi connectivity index (χ3v) is 4.28. The highest BCUT2D eigenvalue weighted by Crippen LogP contribution is 2.13. The molecule has 0 aromatic carbocycles. The van der Waals surface area contributed by atoms with Gasteiger partial charge in [0.1, 0.15) is 11.2 Å². The Morgan fingerprint density at radius 3 is 2.46 bits per heavy atom. The van der Waals surface area contributed by atoms with Crippen LogP contribution in [-0.4, -0.2) is 63.0 Å². The maximum atomic E-state index is 12.6. The summed E-state index contributed by atoms with van der Waals surface area (Å²) in [5, 5.41) is 0. The van der Waals surface area contributed by atoms with Gasteiger partial charge in [-0.25, -0.2) is 9.78 Å². The molecule has 2 aromatic heterocycles. The van der Waals surface area contributed by atoms with E-state index in [0.717, 1.165) is 16.9 Å². The number of carbonyl (C=O) groups is 2. The zero-order valence-electron chi connectivity index (χ0n) is 15.9. The van der Waals surface area contributed by atoms with Crippen LogP contribution in [0.4, 0.5) is 4.79 Å². The van der Waals surface area contributed by atoms with Crippen molar-refractivity contribution in [3.63, 3.8) is 0 Å². The number of aryl methyl sites for hydroxylation is 1. The molecule has 3 heterocycles. The standard InChI is InChI=1S/C19H26N4O3/c1-14-5-6-23-13-15(20-16(23)11-14)12-17(24)21-7-9-22(10-8-21)18(25)26-19(2,3)4/h5-6,11,13H,7-10,12H2,1-4H3. The first-order valence-corrected chi connectivity index (χ1v) is 8.91. The fourth-order valence-electron chi connectivity index (χ4n) is 2.95. The fourth-order valence-corrected chi connectivity index (χ4v) is 2.95. The molecule has 0 aliphatic carbocycles. The molecule has 3 rings (SSSR count). The van der Waals surface area contributed by atoms with Crippen LogP contribution in [0.5, 0.6) is 0 Å². The van der Waals surface area contributed by atoms with Crippen molar-refractivity contribution in [3.05, 3.63) is 35.8 Å². The molecule has 0 unspecified atom stereocenters. The third-order valence-electron chi connectivity index (χ3n) is 4.28. The van der Waals surface area contributed by atoms with Crippen molar-refractivity contribution in [2.24, 2.45) is 0 Å². The van der Waals surface area contributed by atoms with Crippen molar-refractivity contribution in [1.82, 2.24) is 19.2 Å². The predicted octanol–water partition coefficient (Wildman–Crippen LogP) is 2.26. The Morgan fingerprint density at radius 1 is 1.15 bits per heavy atom. The molecule has 2 aromatic rings. The Hall–Kier alpha value is -2.57. The first kappa shape index (κ1) is 18.2. The Labute approximate surface area is 153 Å². The summed E-state index contributed by atoms with van der Waals surface area (Å²) in [6, 6.07) is 4.00. The quantitative estimate of drug-likeness (QED) is 0.826. The van der Waals surface area contributed by atoms with Gasteiger partial charge in [-0.2, -0.15) is 0 Å². The molecule has 2 amide bonds. The van der Waals surface area contributed by atoms with Crippen molar-refractivity contribution in [2.45, 2.75) is 39.7 Å². The number of rotatable bonds is 2. The van der Waals surface area contributed by atoms with Gasteiger partial charge in [0.05, 0.1) is 12.1 Å². The van der Waals surface area contributed by atoms with E-state index >= 15 is 0 Å². The smallest absolute Gasteiger partial charge is 0.410 e. The van der Waals surface area contributed by atoms with Crippen LogP contribution in [0, 0.1) is 6.92 Å². The number of amides is 2. The van der Waals surface area contributed by atoms with Crippen molar-refractivity contribution >= 4 is 17.6 Å². The van der Waals surface area contributed by atoms with Crippen molar-refractivity contribution in [3.8, 4) is 0 Å². The highest BCUT2D eigenvalue weighted by Gasteiger charge is 2.27. The number of aromatic nitrogens is 2. The molecule has 7 heteroatoms. The number of carbonyl (C=O) groups excluding carboxylic acids is 2. The first-order valence-electron chi connectivity index (χ1n) is 8.91. The summed E-state index contributed by atoms with van der Waals surface area (Å²) in [6.45, 7) is 9.58. The summed E-state index contributed by atoms with van der Waals surface area (Å²) in [4.78, 5) is 32.6. The van der Waals surface area contributed by atoms with Crippen LogP contribution in [0.1, 0.15) is 32.0 Å². The average Bonchev–Trinajstić information content (AvgIpc) is 2.94. The van der Waals surface area contributed by atoms with Gasteiger partial charge in [-0.1, -0.05) is 0 Å². The molecule has 140 valence electrons. The summed E-state index contributed by atoms with van der Waals surface area (Å²) < 4.78 is 7.31. The number of piperazine rings is 1. The number of nitrogens with zero attached hydrogens (tertiary/aromatic N) is 4. The van der Waals surface area contributed by atoms with Crippen LogP contribution in [0.3, 0.4) is 0 Å². The fraction of sp³-hybridized carbons (Fsp3) is 0.526. The molecule has 0 atom stereocenters. The predicted molar refractivity (Wildman–Crippen MR) is 98.0 cm³/mol. The summed E-state index contributed by atoms with van der Waals surface area (Å²) >= 11 is 0. The van der Waals surface area contributed by atoms with E-state index in [9.17, 15) is 9.59 Å². The lowest BCUT2D eigenvalue weighted by Crippen LogP contribution is -2.52. The lowest BCUT2D eigenvalue weighted by Gasteiger charge is -2.35. The van der Waals surface area contributed by atoms with Gasteiger partial charge >= 0.3 is 6.09 Å². The molecule has 1 saturated heterocycles. The van der Waals surface area contributed by atoms with Gasteiger partial charge in [0.25, 0.3) is 0 Å². The lowest BCUT2D eigenvalue weighted by atomic mass is 10.2. The Morgan fingerprint density at radius 2 is 1.81 bits per heavy atom.